The zero-order valence-corrected chi connectivity index (χ0v) is 32.9. The SMILES string of the molecule is CC1(C)c2ccccc2-c2ccc(N(c3ccc(-c4ccc(-c5ccc6c7ccccc7c7ccccc7c6c5)cc4)cc3)c3ccc4oc5ccccc5c4c3)cc21. The van der Waals surface area contributed by atoms with Crippen molar-refractivity contribution in [2.75, 3.05) is 4.90 Å². The summed E-state index contributed by atoms with van der Waals surface area (Å²) in [5.74, 6) is 0. The van der Waals surface area contributed by atoms with Gasteiger partial charge < -0.3 is 9.32 Å². The number of rotatable bonds is 5. The monoisotopic (exact) mass is 753 g/mol. The van der Waals surface area contributed by atoms with Crippen LogP contribution in [-0.4, -0.2) is 0 Å². The summed E-state index contributed by atoms with van der Waals surface area (Å²) in [6.07, 6.45) is 0. The molecule has 0 saturated carbocycles. The van der Waals surface area contributed by atoms with Crippen LogP contribution < -0.4 is 4.90 Å². The van der Waals surface area contributed by atoms with Crippen LogP contribution in [0.4, 0.5) is 17.1 Å². The van der Waals surface area contributed by atoms with Gasteiger partial charge in [-0.1, -0.05) is 159 Å². The molecule has 11 aromatic rings. The Balaban J connectivity index is 0.924. The van der Waals surface area contributed by atoms with Crippen LogP contribution in [0, 0.1) is 0 Å². The summed E-state index contributed by atoms with van der Waals surface area (Å²) >= 11 is 0. The van der Waals surface area contributed by atoms with Crippen LogP contribution >= 0.6 is 0 Å². The molecule has 0 atom stereocenters. The van der Waals surface area contributed by atoms with Crippen LogP contribution in [-0.2, 0) is 5.41 Å². The lowest BCUT2D eigenvalue weighted by Gasteiger charge is -2.28. The van der Waals surface area contributed by atoms with Gasteiger partial charge >= 0.3 is 0 Å². The van der Waals surface area contributed by atoms with Crippen molar-refractivity contribution in [1.29, 1.82) is 0 Å². The Labute approximate surface area is 343 Å². The molecule has 0 unspecified atom stereocenters. The van der Waals surface area contributed by atoms with Gasteiger partial charge in [-0.25, -0.2) is 0 Å². The van der Waals surface area contributed by atoms with Crippen molar-refractivity contribution in [3.05, 3.63) is 211 Å². The normalized spacial score (nSPS) is 13.1. The van der Waals surface area contributed by atoms with Gasteiger partial charge in [0, 0.05) is 33.2 Å². The maximum atomic E-state index is 6.26. The van der Waals surface area contributed by atoms with Crippen molar-refractivity contribution in [3.8, 4) is 33.4 Å². The fraction of sp³-hybridized carbons (Fsp3) is 0.0526. The number of hydrogen-bond acceptors (Lipinski definition) is 2. The summed E-state index contributed by atoms with van der Waals surface area (Å²) in [5.41, 5.74) is 15.2. The van der Waals surface area contributed by atoms with Crippen LogP contribution in [0.25, 0.3) is 87.6 Å². The molecule has 2 nitrogen and oxygen atoms in total. The average Bonchev–Trinajstić information content (AvgIpc) is 3.78. The molecule has 1 heterocycles. The molecule has 10 aromatic carbocycles. The summed E-state index contributed by atoms with van der Waals surface area (Å²) in [4.78, 5) is 2.39. The Kier molecular flexibility index (Phi) is 7.31. The quantitative estimate of drug-likeness (QED) is 0.163. The number of anilines is 3. The summed E-state index contributed by atoms with van der Waals surface area (Å²) in [5, 5.41) is 10.0. The number of nitrogens with zero attached hydrogens (tertiary/aromatic N) is 1. The number of para-hydroxylation sites is 1. The van der Waals surface area contributed by atoms with E-state index in [1.54, 1.807) is 0 Å². The molecule has 12 rings (SSSR count). The van der Waals surface area contributed by atoms with Crippen molar-refractivity contribution >= 4 is 71.3 Å². The van der Waals surface area contributed by atoms with E-state index in [4.69, 9.17) is 4.42 Å². The number of hydrogen-bond donors (Lipinski definition) is 0. The average molecular weight is 754 g/mol. The largest absolute Gasteiger partial charge is 0.456 e. The molecule has 1 aliphatic carbocycles. The molecule has 0 bridgehead atoms. The van der Waals surface area contributed by atoms with Crippen LogP contribution in [0.2, 0.25) is 0 Å². The highest BCUT2D eigenvalue weighted by Crippen LogP contribution is 2.51. The van der Waals surface area contributed by atoms with E-state index >= 15 is 0 Å². The predicted octanol–water partition coefficient (Wildman–Crippen LogP) is 16.2. The Morgan fingerprint density at radius 1 is 0.322 bits per heavy atom. The molecule has 1 aliphatic rings. The van der Waals surface area contributed by atoms with Gasteiger partial charge in [0.1, 0.15) is 11.2 Å². The van der Waals surface area contributed by atoms with E-state index in [-0.39, 0.29) is 5.41 Å². The number of furan rings is 1. The van der Waals surface area contributed by atoms with Gasteiger partial charge in [0.2, 0.25) is 0 Å². The summed E-state index contributed by atoms with van der Waals surface area (Å²) < 4.78 is 6.26. The molecule has 2 heteroatoms. The fourth-order valence-electron chi connectivity index (χ4n) is 9.88. The van der Waals surface area contributed by atoms with Crippen LogP contribution in [0.1, 0.15) is 25.0 Å². The first-order valence-electron chi connectivity index (χ1n) is 20.5. The Bertz CT molecular complexity index is 3430. The van der Waals surface area contributed by atoms with E-state index in [0.717, 1.165) is 39.0 Å². The second kappa shape index (κ2) is 12.8. The molecular formula is C57H39NO. The molecule has 0 saturated heterocycles. The zero-order chi connectivity index (χ0) is 39.2. The Morgan fingerprint density at radius 2 is 0.797 bits per heavy atom. The Morgan fingerprint density at radius 3 is 1.51 bits per heavy atom. The third-order valence-corrected chi connectivity index (χ3v) is 12.9. The molecular weight excluding hydrogens is 715 g/mol. The molecule has 278 valence electrons. The minimum atomic E-state index is -0.108. The van der Waals surface area contributed by atoms with E-state index in [1.807, 2.05) is 12.1 Å². The maximum absolute atomic E-state index is 6.26. The van der Waals surface area contributed by atoms with Gasteiger partial charge in [-0.2, -0.15) is 0 Å². The van der Waals surface area contributed by atoms with Gasteiger partial charge in [0.25, 0.3) is 0 Å². The van der Waals surface area contributed by atoms with Gasteiger partial charge in [0.15, 0.2) is 0 Å². The lowest BCUT2D eigenvalue weighted by molar-refractivity contribution is 0.660. The van der Waals surface area contributed by atoms with Gasteiger partial charge in [0.05, 0.1) is 0 Å². The van der Waals surface area contributed by atoms with E-state index in [2.05, 4.69) is 207 Å². The first-order valence-corrected chi connectivity index (χ1v) is 20.5. The summed E-state index contributed by atoms with van der Waals surface area (Å²) in [6.45, 7) is 4.69. The van der Waals surface area contributed by atoms with Crippen LogP contribution in [0.15, 0.2) is 205 Å². The minimum Gasteiger partial charge on any atom is -0.456 e. The molecule has 0 amide bonds. The van der Waals surface area contributed by atoms with Gasteiger partial charge in [-0.15, -0.1) is 0 Å². The van der Waals surface area contributed by atoms with Crippen molar-refractivity contribution in [3.63, 3.8) is 0 Å². The minimum absolute atomic E-state index is 0.108. The predicted molar refractivity (Wildman–Crippen MR) is 249 cm³/mol. The van der Waals surface area contributed by atoms with Gasteiger partial charge in [-0.05, 0) is 131 Å². The summed E-state index contributed by atoms with van der Waals surface area (Å²) in [7, 11) is 0. The molecule has 0 aliphatic heterocycles. The lowest BCUT2D eigenvalue weighted by Crippen LogP contribution is -2.16. The highest BCUT2D eigenvalue weighted by atomic mass is 16.3. The van der Waals surface area contributed by atoms with Crippen molar-refractivity contribution < 1.29 is 4.42 Å². The maximum Gasteiger partial charge on any atom is 0.135 e. The number of fused-ring (bicyclic) bond motifs is 12. The van der Waals surface area contributed by atoms with Crippen LogP contribution in [0.3, 0.4) is 0 Å². The van der Waals surface area contributed by atoms with E-state index < -0.39 is 0 Å². The highest BCUT2D eigenvalue weighted by molar-refractivity contribution is 6.25. The molecule has 0 N–H and O–H groups in total. The number of benzene rings is 10. The first-order chi connectivity index (χ1) is 29.0. The van der Waals surface area contributed by atoms with Gasteiger partial charge in [-0.3, -0.25) is 0 Å². The molecule has 0 spiro atoms. The smallest absolute Gasteiger partial charge is 0.135 e. The molecule has 0 radical (unpaired) electrons. The molecule has 1 aromatic heterocycles. The molecule has 0 fully saturated rings. The topological polar surface area (TPSA) is 16.4 Å². The second-order valence-corrected chi connectivity index (χ2v) is 16.5. The van der Waals surface area contributed by atoms with Crippen LogP contribution in [0.5, 0.6) is 0 Å². The summed E-state index contributed by atoms with van der Waals surface area (Å²) in [6, 6.07) is 73.2. The standard InChI is InChI=1S/C57H39NO/c1-57(2)53-17-9-7-15-48(53)49-31-28-42(35-54(49)57)58(41-29-32-56-52(34-41)50-16-8-10-18-55(50)59-56)40-26-23-37(24-27-40)36-19-21-38(22-20-36)39-25-30-47-45-13-4-3-11-43(45)44-12-5-6-14-46(44)51(47)33-39/h3-35H,1-2H3. The van der Waals surface area contributed by atoms with E-state index in [9.17, 15) is 0 Å². The second-order valence-electron chi connectivity index (χ2n) is 16.5. The lowest BCUT2D eigenvalue weighted by atomic mass is 9.82. The third kappa shape index (κ3) is 5.20. The van der Waals surface area contributed by atoms with Crippen molar-refractivity contribution in [1.82, 2.24) is 0 Å². The first kappa shape index (κ1) is 33.7. The molecule has 59 heavy (non-hydrogen) atoms. The van der Waals surface area contributed by atoms with Crippen molar-refractivity contribution in [2.45, 2.75) is 19.3 Å². The van der Waals surface area contributed by atoms with Crippen molar-refractivity contribution in [2.24, 2.45) is 0 Å². The van der Waals surface area contributed by atoms with E-state index in [0.29, 0.717) is 0 Å². The highest BCUT2D eigenvalue weighted by Gasteiger charge is 2.35. The fourth-order valence-corrected chi connectivity index (χ4v) is 9.88. The van der Waals surface area contributed by atoms with E-state index in [1.165, 1.54) is 76.8 Å². The zero-order valence-electron chi connectivity index (χ0n) is 32.9. The Hall–Kier alpha value is -7.42. The third-order valence-electron chi connectivity index (χ3n) is 12.9.